The Morgan fingerprint density at radius 3 is 1.02 bits per heavy atom. The van der Waals surface area contributed by atoms with E-state index in [0.29, 0.717) is 19.3 Å². The van der Waals surface area contributed by atoms with Crippen molar-refractivity contribution in [3.05, 3.63) is 0 Å². The molecule has 0 bridgehead atoms. The van der Waals surface area contributed by atoms with Crippen molar-refractivity contribution >= 4 is 17.9 Å². The number of carbonyl (C=O) groups is 3. The Hall–Kier alpha value is -1.59. The lowest BCUT2D eigenvalue weighted by Gasteiger charge is -2.18. The highest BCUT2D eigenvalue weighted by Crippen LogP contribution is 2.15. The lowest BCUT2D eigenvalue weighted by atomic mass is 10.0. The summed E-state index contributed by atoms with van der Waals surface area (Å²) in [7, 11) is 0. The molecule has 0 spiro atoms. The van der Waals surface area contributed by atoms with E-state index in [1.54, 1.807) is 0 Å². The fourth-order valence-electron chi connectivity index (χ4n) is 6.10. The first kappa shape index (κ1) is 46.4. The SMILES string of the molecule is CCCCCCCCCCCCCCC(=O)O[C@@H](COC(=O)CCCCCCC)COC(=O)CCCCCCCCCCCCC(C)C. The second-order valence-electron chi connectivity index (χ2n) is 14.7. The molecule has 0 aliphatic rings. The molecule has 0 aliphatic carbocycles. The summed E-state index contributed by atoms with van der Waals surface area (Å²) >= 11 is 0. The molecule has 0 radical (unpaired) electrons. The minimum absolute atomic E-state index is 0.0655. The monoisotopic (exact) mass is 681 g/mol. The van der Waals surface area contributed by atoms with Crippen LogP contribution in [0.15, 0.2) is 0 Å². The van der Waals surface area contributed by atoms with Crippen LogP contribution in [0.2, 0.25) is 0 Å². The van der Waals surface area contributed by atoms with E-state index in [4.69, 9.17) is 14.2 Å². The number of carbonyl (C=O) groups excluding carboxylic acids is 3. The third kappa shape index (κ3) is 35.7. The number of rotatable bonds is 37. The fraction of sp³-hybridized carbons (Fsp3) is 0.929. The molecule has 284 valence electrons. The quantitative estimate of drug-likeness (QED) is 0.0369. The predicted octanol–water partition coefficient (Wildman–Crippen LogP) is 12.8. The van der Waals surface area contributed by atoms with E-state index in [1.807, 2.05) is 0 Å². The van der Waals surface area contributed by atoms with Crippen molar-refractivity contribution in [3.63, 3.8) is 0 Å². The van der Waals surface area contributed by atoms with Gasteiger partial charge in [0.15, 0.2) is 6.10 Å². The molecule has 0 saturated carbocycles. The van der Waals surface area contributed by atoms with Crippen molar-refractivity contribution in [2.45, 2.75) is 233 Å². The summed E-state index contributed by atoms with van der Waals surface area (Å²) in [6.45, 7) is 8.88. The fourth-order valence-corrected chi connectivity index (χ4v) is 6.10. The molecule has 6 nitrogen and oxygen atoms in total. The molecule has 0 amide bonds. The summed E-state index contributed by atoms with van der Waals surface area (Å²) in [4.78, 5) is 37.3. The Morgan fingerprint density at radius 1 is 0.396 bits per heavy atom. The molecule has 0 unspecified atom stereocenters. The summed E-state index contributed by atoms with van der Waals surface area (Å²) in [5.41, 5.74) is 0. The molecular formula is C42H80O6. The van der Waals surface area contributed by atoms with Gasteiger partial charge in [-0.05, 0) is 25.2 Å². The van der Waals surface area contributed by atoms with Crippen LogP contribution in [0.1, 0.15) is 227 Å². The maximum absolute atomic E-state index is 12.6. The molecule has 6 heteroatoms. The highest BCUT2D eigenvalue weighted by Gasteiger charge is 2.19. The molecule has 0 aliphatic heterocycles. The van der Waals surface area contributed by atoms with E-state index in [2.05, 4.69) is 27.7 Å². The average molecular weight is 681 g/mol. The topological polar surface area (TPSA) is 78.9 Å². The van der Waals surface area contributed by atoms with Gasteiger partial charge < -0.3 is 14.2 Å². The molecule has 48 heavy (non-hydrogen) atoms. The Bertz CT molecular complexity index is 721. The first-order valence-corrected chi connectivity index (χ1v) is 20.9. The van der Waals surface area contributed by atoms with Crippen LogP contribution in [0, 0.1) is 5.92 Å². The first-order chi connectivity index (χ1) is 23.4. The van der Waals surface area contributed by atoms with Gasteiger partial charge in [0.05, 0.1) is 0 Å². The summed E-state index contributed by atoms with van der Waals surface area (Å²) in [5, 5.41) is 0. The highest BCUT2D eigenvalue weighted by molar-refractivity contribution is 5.71. The lowest BCUT2D eigenvalue weighted by molar-refractivity contribution is -0.167. The minimum atomic E-state index is -0.756. The van der Waals surface area contributed by atoms with Gasteiger partial charge in [-0.1, -0.05) is 188 Å². The van der Waals surface area contributed by atoms with Gasteiger partial charge in [0.2, 0.25) is 0 Å². The standard InChI is InChI=1S/C42H80O6/c1-5-7-9-11-12-13-14-15-20-23-27-31-35-42(45)48-39(36-46-40(43)33-29-24-10-8-6-2)37-47-41(44)34-30-26-22-19-17-16-18-21-25-28-32-38(3)4/h38-39H,5-37H2,1-4H3/t39-/m0/s1. The highest BCUT2D eigenvalue weighted by atomic mass is 16.6. The van der Waals surface area contributed by atoms with E-state index >= 15 is 0 Å². The molecule has 0 fully saturated rings. The molecule has 0 rings (SSSR count). The zero-order valence-corrected chi connectivity index (χ0v) is 32.4. The lowest BCUT2D eigenvalue weighted by Crippen LogP contribution is -2.30. The number of hydrogen-bond donors (Lipinski definition) is 0. The van der Waals surface area contributed by atoms with Gasteiger partial charge in [0.1, 0.15) is 13.2 Å². The van der Waals surface area contributed by atoms with Crippen molar-refractivity contribution in [2.75, 3.05) is 13.2 Å². The first-order valence-electron chi connectivity index (χ1n) is 20.9. The number of unbranched alkanes of at least 4 members (excludes halogenated alkanes) is 24. The Kier molecular flexibility index (Phi) is 35.5. The minimum Gasteiger partial charge on any atom is -0.462 e. The van der Waals surface area contributed by atoms with Crippen molar-refractivity contribution in [2.24, 2.45) is 5.92 Å². The molecule has 0 heterocycles. The largest absolute Gasteiger partial charge is 0.462 e. The van der Waals surface area contributed by atoms with Crippen LogP contribution >= 0.6 is 0 Å². The van der Waals surface area contributed by atoms with Crippen molar-refractivity contribution in [3.8, 4) is 0 Å². The number of ether oxygens (including phenoxy) is 3. The van der Waals surface area contributed by atoms with Gasteiger partial charge in [0.25, 0.3) is 0 Å². The van der Waals surface area contributed by atoms with Crippen LogP contribution in [0.4, 0.5) is 0 Å². The van der Waals surface area contributed by atoms with Gasteiger partial charge in [-0.15, -0.1) is 0 Å². The molecule has 0 aromatic rings. The second-order valence-corrected chi connectivity index (χ2v) is 14.7. The van der Waals surface area contributed by atoms with E-state index in [9.17, 15) is 14.4 Å². The summed E-state index contributed by atoms with van der Waals surface area (Å²) in [6.07, 6.45) is 34.0. The zero-order valence-electron chi connectivity index (χ0n) is 32.4. The van der Waals surface area contributed by atoms with Crippen molar-refractivity contribution in [1.29, 1.82) is 0 Å². The summed E-state index contributed by atoms with van der Waals surface area (Å²) < 4.78 is 16.6. The van der Waals surface area contributed by atoms with E-state index in [0.717, 1.165) is 70.1 Å². The number of esters is 3. The zero-order chi connectivity index (χ0) is 35.3. The number of hydrogen-bond acceptors (Lipinski definition) is 6. The summed E-state index contributed by atoms with van der Waals surface area (Å²) in [5.74, 6) is -0.0552. The second kappa shape index (κ2) is 36.7. The van der Waals surface area contributed by atoms with Crippen molar-refractivity contribution < 1.29 is 28.6 Å². The Morgan fingerprint density at radius 2 is 0.688 bits per heavy atom. The normalized spacial score (nSPS) is 11.9. The molecule has 0 N–H and O–H groups in total. The summed E-state index contributed by atoms with van der Waals surface area (Å²) in [6, 6.07) is 0. The van der Waals surface area contributed by atoms with Crippen LogP contribution in [0.5, 0.6) is 0 Å². The molecular weight excluding hydrogens is 600 g/mol. The maximum atomic E-state index is 12.6. The molecule has 1 atom stereocenters. The van der Waals surface area contributed by atoms with Gasteiger partial charge >= 0.3 is 17.9 Å². The predicted molar refractivity (Wildman–Crippen MR) is 201 cm³/mol. The smallest absolute Gasteiger partial charge is 0.306 e. The third-order valence-electron chi connectivity index (χ3n) is 9.29. The average Bonchev–Trinajstić information content (AvgIpc) is 3.06. The third-order valence-corrected chi connectivity index (χ3v) is 9.29. The van der Waals surface area contributed by atoms with E-state index in [1.165, 1.54) is 116 Å². The van der Waals surface area contributed by atoms with Crippen molar-refractivity contribution in [1.82, 2.24) is 0 Å². The van der Waals surface area contributed by atoms with E-state index < -0.39 is 6.10 Å². The van der Waals surface area contributed by atoms with Gasteiger partial charge in [-0.25, -0.2) is 0 Å². The van der Waals surface area contributed by atoms with Crippen LogP contribution in [0.25, 0.3) is 0 Å². The maximum Gasteiger partial charge on any atom is 0.306 e. The van der Waals surface area contributed by atoms with E-state index in [-0.39, 0.29) is 31.1 Å². The van der Waals surface area contributed by atoms with Crippen LogP contribution in [0.3, 0.4) is 0 Å². The van der Waals surface area contributed by atoms with Crippen LogP contribution in [-0.4, -0.2) is 37.2 Å². The Labute approximate surface area is 298 Å². The van der Waals surface area contributed by atoms with Crippen LogP contribution < -0.4 is 0 Å². The molecule has 0 saturated heterocycles. The Balaban J connectivity index is 4.23. The van der Waals surface area contributed by atoms with Crippen LogP contribution in [-0.2, 0) is 28.6 Å². The van der Waals surface area contributed by atoms with Gasteiger partial charge in [0, 0.05) is 19.3 Å². The van der Waals surface area contributed by atoms with Gasteiger partial charge in [-0.3, -0.25) is 14.4 Å². The van der Waals surface area contributed by atoms with Gasteiger partial charge in [-0.2, -0.15) is 0 Å². The molecule has 0 aromatic heterocycles. The molecule has 0 aromatic carbocycles.